The highest BCUT2D eigenvalue weighted by molar-refractivity contribution is 5.97. The van der Waals surface area contributed by atoms with Gasteiger partial charge in [-0.05, 0) is 49.2 Å². The maximum absolute atomic E-state index is 13.9. The first kappa shape index (κ1) is 20.9. The van der Waals surface area contributed by atoms with E-state index in [0.717, 1.165) is 31.6 Å². The number of anilines is 1. The molecular formula is C26H23FN4O2. The van der Waals surface area contributed by atoms with Crippen molar-refractivity contribution in [2.24, 2.45) is 0 Å². The van der Waals surface area contributed by atoms with Crippen LogP contribution in [0.4, 0.5) is 10.3 Å². The van der Waals surface area contributed by atoms with Gasteiger partial charge in [-0.25, -0.2) is 13.9 Å². The monoisotopic (exact) mass is 442 g/mol. The van der Waals surface area contributed by atoms with Gasteiger partial charge in [0.25, 0.3) is 11.5 Å². The number of nitrogens with zero attached hydrogens (tertiary/aromatic N) is 3. The second-order valence-electron chi connectivity index (χ2n) is 8.09. The standard InChI is InChI=1S/C26H23FN4O2/c27-22-11-5-4-8-19(22)17-28-24(32)18-12-13-21-23(16-18)29-26(30-14-6-7-15-30)31(25(21)33)20-9-2-1-3-10-20/h1-5,8-13,16H,6-7,14-15,17H2,(H,28,32). The number of rotatable bonds is 5. The van der Waals surface area contributed by atoms with Crippen LogP contribution in [0, 0.1) is 5.82 Å². The summed E-state index contributed by atoms with van der Waals surface area (Å²) in [7, 11) is 0. The lowest BCUT2D eigenvalue weighted by atomic mass is 10.1. The van der Waals surface area contributed by atoms with Crippen LogP contribution in [0.5, 0.6) is 0 Å². The van der Waals surface area contributed by atoms with Crippen molar-refractivity contribution < 1.29 is 9.18 Å². The minimum Gasteiger partial charge on any atom is -0.348 e. The van der Waals surface area contributed by atoms with Crippen LogP contribution in [0.2, 0.25) is 0 Å². The van der Waals surface area contributed by atoms with Crippen molar-refractivity contribution in [2.45, 2.75) is 19.4 Å². The Bertz CT molecular complexity index is 1380. The molecule has 0 spiro atoms. The summed E-state index contributed by atoms with van der Waals surface area (Å²) in [6.45, 7) is 1.73. The maximum atomic E-state index is 13.9. The van der Waals surface area contributed by atoms with Crippen LogP contribution in [-0.4, -0.2) is 28.5 Å². The predicted molar refractivity (Wildman–Crippen MR) is 126 cm³/mol. The number of nitrogens with one attached hydrogen (secondary N) is 1. The Balaban J connectivity index is 1.53. The molecule has 1 fully saturated rings. The van der Waals surface area contributed by atoms with Gasteiger partial charge in [0.15, 0.2) is 0 Å². The Labute approximate surface area is 190 Å². The van der Waals surface area contributed by atoms with E-state index >= 15 is 0 Å². The molecule has 1 amide bonds. The summed E-state index contributed by atoms with van der Waals surface area (Å²) >= 11 is 0. The van der Waals surface area contributed by atoms with Gasteiger partial charge in [0.05, 0.1) is 16.6 Å². The lowest BCUT2D eigenvalue weighted by Crippen LogP contribution is -2.30. The van der Waals surface area contributed by atoms with E-state index in [0.29, 0.717) is 28.0 Å². The molecule has 0 aliphatic carbocycles. The first-order valence-corrected chi connectivity index (χ1v) is 11.0. The van der Waals surface area contributed by atoms with Crippen LogP contribution < -0.4 is 15.8 Å². The second-order valence-corrected chi connectivity index (χ2v) is 8.09. The SMILES string of the molecule is O=C(NCc1ccccc1F)c1ccc2c(=O)n(-c3ccccc3)c(N3CCCC3)nc2c1. The van der Waals surface area contributed by atoms with Crippen molar-refractivity contribution in [2.75, 3.05) is 18.0 Å². The molecule has 0 bridgehead atoms. The Morgan fingerprint density at radius 3 is 2.45 bits per heavy atom. The third-order valence-electron chi connectivity index (χ3n) is 5.91. The van der Waals surface area contributed by atoms with E-state index in [1.807, 2.05) is 30.3 Å². The lowest BCUT2D eigenvalue weighted by Gasteiger charge is -2.22. The van der Waals surface area contributed by atoms with Gasteiger partial charge in [0.2, 0.25) is 5.95 Å². The first-order chi connectivity index (χ1) is 16.1. The highest BCUT2D eigenvalue weighted by Gasteiger charge is 2.21. The molecule has 2 heterocycles. The summed E-state index contributed by atoms with van der Waals surface area (Å²) in [6.07, 6.45) is 2.09. The number of fused-ring (bicyclic) bond motifs is 1. The molecule has 1 saturated heterocycles. The van der Waals surface area contributed by atoms with Gasteiger partial charge in [-0.1, -0.05) is 36.4 Å². The van der Waals surface area contributed by atoms with E-state index < -0.39 is 0 Å². The van der Waals surface area contributed by atoms with Gasteiger partial charge in [-0.2, -0.15) is 0 Å². The normalized spacial score (nSPS) is 13.4. The summed E-state index contributed by atoms with van der Waals surface area (Å²) in [6, 6.07) is 20.7. The molecule has 4 aromatic rings. The molecule has 5 rings (SSSR count). The number of hydrogen-bond acceptors (Lipinski definition) is 4. The van der Waals surface area contributed by atoms with Crippen LogP contribution in [0.3, 0.4) is 0 Å². The Morgan fingerprint density at radius 1 is 0.970 bits per heavy atom. The van der Waals surface area contributed by atoms with Gasteiger partial charge >= 0.3 is 0 Å². The van der Waals surface area contributed by atoms with E-state index in [1.165, 1.54) is 6.07 Å². The fourth-order valence-corrected chi connectivity index (χ4v) is 4.17. The molecule has 33 heavy (non-hydrogen) atoms. The van der Waals surface area contributed by atoms with Crippen LogP contribution in [0.15, 0.2) is 77.6 Å². The van der Waals surface area contributed by atoms with Crippen molar-refractivity contribution in [1.82, 2.24) is 14.9 Å². The Hall–Kier alpha value is -4.00. The largest absolute Gasteiger partial charge is 0.348 e. The minimum absolute atomic E-state index is 0.0750. The number of benzene rings is 3. The zero-order valence-electron chi connectivity index (χ0n) is 18.0. The summed E-state index contributed by atoms with van der Waals surface area (Å²) in [5.74, 6) is -0.133. The highest BCUT2D eigenvalue weighted by atomic mass is 19.1. The van der Waals surface area contributed by atoms with E-state index in [2.05, 4.69) is 10.2 Å². The van der Waals surface area contributed by atoms with Gasteiger partial charge in [0.1, 0.15) is 5.82 Å². The average Bonchev–Trinajstić information content (AvgIpc) is 3.38. The number of carbonyl (C=O) groups is 1. The highest BCUT2D eigenvalue weighted by Crippen LogP contribution is 2.23. The molecule has 1 aromatic heterocycles. The third-order valence-corrected chi connectivity index (χ3v) is 5.91. The lowest BCUT2D eigenvalue weighted by molar-refractivity contribution is 0.0950. The summed E-state index contributed by atoms with van der Waals surface area (Å²) in [4.78, 5) is 33.2. The van der Waals surface area contributed by atoms with E-state index in [-0.39, 0.29) is 23.8 Å². The van der Waals surface area contributed by atoms with Gasteiger partial charge < -0.3 is 10.2 Å². The Kier molecular flexibility index (Phi) is 5.60. The first-order valence-electron chi connectivity index (χ1n) is 11.0. The predicted octanol–water partition coefficient (Wildman–Crippen LogP) is 4.06. The number of para-hydroxylation sites is 1. The summed E-state index contributed by atoms with van der Waals surface area (Å²) < 4.78 is 15.5. The molecule has 0 saturated carbocycles. The van der Waals surface area contributed by atoms with Crippen molar-refractivity contribution in [3.05, 3.63) is 100 Å². The molecule has 7 heteroatoms. The molecule has 1 aliphatic heterocycles. The molecule has 1 aliphatic rings. The van der Waals surface area contributed by atoms with Crippen molar-refractivity contribution >= 4 is 22.8 Å². The molecule has 6 nitrogen and oxygen atoms in total. The number of halogens is 1. The van der Waals surface area contributed by atoms with E-state index in [1.54, 1.807) is 41.0 Å². The van der Waals surface area contributed by atoms with Crippen molar-refractivity contribution in [1.29, 1.82) is 0 Å². The number of carbonyl (C=O) groups excluding carboxylic acids is 1. The van der Waals surface area contributed by atoms with Crippen LogP contribution in [0.1, 0.15) is 28.8 Å². The van der Waals surface area contributed by atoms with Crippen molar-refractivity contribution in [3.8, 4) is 5.69 Å². The number of hydrogen-bond donors (Lipinski definition) is 1. The molecule has 0 unspecified atom stereocenters. The molecule has 3 aromatic carbocycles. The third kappa shape index (κ3) is 4.09. The minimum atomic E-state index is -0.366. The summed E-state index contributed by atoms with van der Waals surface area (Å²) in [5, 5.41) is 3.18. The quantitative estimate of drug-likeness (QED) is 0.506. The van der Waals surface area contributed by atoms with Crippen LogP contribution in [-0.2, 0) is 6.54 Å². The molecule has 166 valence electrons. The van der Waals surface area contributed by atoms with E-state index in [4.69, 9.17) is 4.98 Å². The molecule has 1 N–H and O–H groups in total. The summed E-state index contributed by atoms with van der Waals surface area (Å²) in [5.41, 5.74) is 1.83. The molecular weight excluding hydrogens is 419 g/mol. The fraction of sp³-hybridized carbons (Fsp3) is 0.192. The van der Waals surface area contributed by atoms with Crippen LogP contribution >= 0.6 is 0 Å². The van der Waals surface area contributed by atoms with Gasteiger partial charge in [0, 0.05) is 30.8 Å². The molecule has 0 atom stereocenters. The fourth-order valence-electron chi connectivity index (χ4n) is 4.17. The number of aromatic nitrogens is 2. The number of amides is 1. The second kappa shape index (κ2) is 8.86. The topological polar surface area (TPSA) is 67.2 Å². The smallest absolute Gasteiger partial charge is 0.267 e. The Morgan fingerprint density at radius 2 is 1.70 bits per heavy atom. The van der Waals surface area contributed by atoms with Gasteiger partial charge in [-0.3, -0.25) is 9.59 Å². The zero-order valence-corrected chi connectivity index (χ0v) is 18.0. The zero-order chi connectivity index (χ0) is 22.8. The van der Waals surface area contributed by atoms with Crippen molar-refractivity contribution in [3.63, 3.8) is 0 Å². The van der Waals surface area contributed by atoms with E-state index in [9.17, 15) is 14.0 Å². The van der Waals surface area contributed by atoms with Crippen LogP contribution in [0.25, 0.3) is 16.6 Å². The maximum Gasteiger partial charge on any atom is 0.267 e. The van der Waals surface area contributed by atoms with Gasteiger partial charge in [-0.15, -0.1) is 0 Å². The average molecular weight is 442 g/mol. The molecule has 0 radical (unpaired) electrons.